The van der Waals surface area contributed by atoms with Crippen LogP contribution in [-0.2, 0) is 0 Å². The van der Waals surface area contributed by atoms with Crippen molar-refractivity contribution in [1.29, 1.82) is 0 Å². The van der Waals surface area contributed by atoms with Crippen LogP contribution in [0.1, 0.15) is 11.1 Å². The first-order valence-corrected chi connectivity index (χ1v) is 8.28. The van der Waals surface area contributed by atoms with Gasteiger partial charge in [-0.25, -0.2) is 14.6 Å². The second kappa shape index (κ2) is 6.18. The maximum Gasteiger partial charge on any atom is 0.168 e. The SMILES string of the molecule is Cc1ccc(C)c(Nc2ncnc3c2cnn3-c2ccc(Cl)cc2)c1. The van der Waals surface area contributed by atoms with Gasteiger partial charge in [-0.3, -0.25) is 0 Å². The Balaban J connectivity index is 1.79. The van der Waals surface area contributed by atoms with Crippen molar-refractivity contribution in [2.24, 2.45) is 0 Å². The number of anilines is 2. The molecule has 0 bridgehead atoms. The number of fused-ring (bicyclic) bond motifs is 1. The summed E-state index contributed by atoms with van der Waals surface area (Å²) in [5.74, 6) is 0.735. The fourth-order valence-electron chi connectivity index (χ4n) is 2.71. The van der Waals surface area contributed by atoms with E-state index in [2.05, 4.69) is 52.4 Å². The van der Waals surface area contributed by atoms with E-state index in [0.717, 1.165) is 33.8 Å². The summed E-state index contributed by atoms with van der Waals surface area (Å²) in [6.45, 7) is 4.13. The lowest BCUT2D eigenvalue weighted by atomic mass is 10.1. The van der Waals surface area contributed by atoms with Crippen molar-refractivity contribution in [3.05, 3.63) is 71.1 Å². The molecule has 0 fully saturated rings. The molecule has 124 valence electrons. The topological polar surface area (TPSA) is 55.6 Å². The van der Waals surface area contributed by atoms with Crippen LogP contribution in [0.4, 0.5) is 11.5 Å². The van der Waals surface area contributed by atoms with E-state index in [4.69, 9.17) is 11.6 Å². The van der Waals surface area contributed by atoms with Gasteiger partial charge in [0.05, 0.1) is 17.3 Å². The van der Waals surface area contributed by atoms with Crippen LogP contribution >= 0.6 is 11.6 Å². The fourth-order valence-corrected chi connectivity index (χ4v) is 2.84. The third-order valence-corrected chi connectivity index (χ3v) is 4.34. The number of aryl methyl sites for hydroxylation is 2. The highest BCUT2D eigenvalue weighted by molar-refractivity contribution is 6.30. The van der Waals surface area contributed by atoms with Gasteiger partial charge in [-0.2, -0.15) is 5.10 Å². The van der Waals surface area contributed by atoms with Gasteiger partial charge in [-0.1, -0.05) is 23.7 Å². The minimum absolute atomic E-state index is 0.687. The van der Waals surface area contributed by atoms with Crippen molar-refractivity contribution in [3.63, 3.8) is 0 Å². The summed E-state index contributed by atoms with van der Waals surface area (Å²) in [5, 5.41) is 9.42. The second-order valence-corrected chi connectivity index (χ2v) is 6.37. The summed E-state index contributed by atoms with van der Waals surface area (Å²) in [7, 11) is 0. The Morgan fingerprint density at radius 2 is 1.80 bits per heavy atom. The van der Waals surface area contributed by atoms with Crippen molar-refractivity contribution in [1.82, 2.24) is 19.7 Å². The quantitative estimate of drug-likeness (QED) is 0.575. The zero-order valence-electron chi connectivity index (χ0n) is 13.9. The number of rotatable bonds is 3. The molecule has 0 saturated carbocycles. The van der Waals surface area contributed by atoms with Crippen molar-refractivity contribution in [3.8, 4) is 5.69 Å². The van der Waals surface area contributed by atoms with E-state index in [1.807, 2.05) is 24.3 Å². The number of hydrogen-bond donors (Lipinski definition) is 1. The first-order valence-electron chi connectivity index (χ1n) is 7.91. The number of benzene rings is 2. The smallest absolute Gasteiger partial charge is 0.168 e. The number of nitrogens with zero attached hydrogens (tertiary/aromatic N) is 4. The van der Waals surface area contributed by atoms with Crippen molar-refractivity contribution in [2.75, 3.05) is 5.32 Å². The van der Waals surface area contributed by atoms with Crippen LogP contribution in [-0.4, -0.2) is 19.7 Å². The average molecular weight is 350 g/mol. The lowest BCUT2D eigenvalue weighted by molar-refractivity contribution is 0.895. The molecule has 0 amide bonds. The van der Waals surface area contributed by atoms with E-state index < -0.39 is 0 Å². The molecule has 25 heavy (non-hydrogen) atoms. The number of aromatic nitrogens is 4. The van der Waals surface area contributed by atoms with E-state index in [-0.39, 0.29) is 0 Å². The monoisotopic (exact) mass is 349 g/mol. The lowest BCUT2D eigenvalue weighted by Gasteiger charge is -2.10. The molecule has 2 heterocycles. The standard InChI is InChI=1S/C19H16ClN5/c1-12-3-4-13(2)17(9-12)24-18-16-10-23-25(19(16)22-11-21-18)15-7-5-14(20)6-8-15/h3-11H,1-2H3,(H,21,22,24). The molecule has 2 aromatic carbocycles. The molecule has 0 radical (unpaired) electrons. The van der Waals surface area contributed by atoms with E-state index in [9.17, 15) is 0 Å². The highest BCUT2D eigenvalue weighted by Gasteiger charge is 2.12. The highest BCUT2D eigenvalue weighted by atomic mass is 35.5. The maximum absolute atomic E-state index is 5.97. The molecule has 0 aliphatic heterocycles. The van der Waals surface area contributed by atoms with E-state index in [1.165, 1.54) is 5.56 Å². The number of hydrogen-bond acceptors (Lipinski definition) is 4. The van der Waals surface area contributed by atoms with Gasteiger partial charge in [0.1, 0.15) is 12.1 Å². The largest absolute Gasteiger partial charge is 0.339 e. The van der Waals surface area contributed by atoms with Crippen LogP contribution in [0.15, 0.2) is 55.0 Å². The summed E-state index contributed by atoms with van der Waals surface area (Å²) in [6, 6.07) is 13.8. The molecular weight excluding hydrogens is 334 g/mol. The second-order valence-electron chi connectivity index (χ2n) is 5.94. The van der Waals surface area contributed by atoms with Crippen LogP contribution < -0.4 is 5.32 Å². The van der Waals surface area contributed by atoms with E-state index in [0.29, 0.717) is 5.02 Å². The molecule has 0 saturated heterocycles. The predicted octanol–water partition coefficient (Wildman–Crippen LogP) is 4.83. The molecule has 0 atom stereocenters. The van der Waals surface area contributed by atoms with Crippen LogP contribution in [0.5, 0.6) is 0 Å². The Kier molecular flexibility index (Phi) is 3.86. The van der Waals surface area contributed by atoms with Crippen LogP contribution in [0.25, 0.3) is 16.7 Å². The summed E-state index contributed by atoms with van der Waals surface area (Å²) >= 11 is 5.97. The van der Waals surface area contributed by atoms with Crippen molar-refractivity contribution >= 4 is 34.1 Å². The van der Waals surface area contributed by atoms with Gasteiger partial charge in [-0.05, 0) is 55.3 Å². The first kappa shape index (κ1) is 15.6. The Labute approximate surface area is 150 Å². The lowest BCUT2D eigenvalue weighted by Crippen LogP contribution is -2.00. The first-order chi connectivity index (χ1) is 12.1. The molecule has 0 spiro atoms. The summed E-state index contributed by atoms with van der Waals surface area (Å²) in [4.78, 5) is 8.80. The fraction of sp³-hybridized carbons (Fsp3) is 0.105. The Morgan fingerprint density at radius 1 is 1.00 bits per heavy atom. The van der Waals surface area contributed by atoms with Crippen LogP contribution in [0.3, 0.4) is 0 Å². The zero-order chi connectivity index (χ0) is 17.4. The molecule has 0 unspecified atom stereocenters. The van der Waals surface area contributed by atoms with Gasteiger partial charge in [0.15, 0.2) is 5.65 Å². The van der Waals surface area contributed by atoms with Crippen LogP contribution in [0, 0.1) is 13.8 Å². The molecule has 5 nitrogen and oxygen atoms in total. The summed E-state index contributed by atoms with van der Waals surface area (Å²) < 4.78 is 1.78. The number of halogens is 1. The molecule has 4 aromatic rings. The maximum atomic E-state index is 5.97. The zero-order valence-corrected chi connectivity index (χ0v) is 14.6. The van der Waals surface area contributed by atoms with Gasteiger partial charge in [0.2, 0.25) is 0 Å². The number of nitrogens with one attached hydrogen (secondary N) is 1. The molecule has 0 aliphatic carbocycles. The average Bonchev–Trinajstić information content (AvgIpc) is 3.04. The van der Waals surface area contributed by atoms with E-state index >= 15 is 0 Å². The Morgan fingerprint density at radius 3 is 2.60 bits per heavy atom. The van der Waals surface area contributed by atoms with Gasteiger partial charge in [-0.15, -0.1) is 0 Å². The molecule has 1 N–H and O–H groups in total. The molecule has 6 heteroatoms. The Bertz CT molecular complexity index is 1050. The summed E-state index contributed by atoms with van der Waals surface area (Å²) in [5.41, 5.74) is 5.01. The Hall–Kier alpha value is -2.92. The molecule has 0 aliphatic rings. The molecule has 2 aromatic heterocycles. The van der Waals surface area contributed by atoms with Gasteiger partial charge in [0, 0.05) is 10.7 Å². The molecule has 4 rings (SSSR count). The summed E-state index contributed by atoms with van der Waals surface area (Å²) in [6.07, 6.45) is 3.32. The third-order valence-electron chi connectivity index (χ3n) is 4.08. The van der Waals surface area contributed by atoms with Gasteiger partial charge >= 0.3 is 0 Å². The van der Waals surface area contributed by atoms with Crippen molar-refractivity contribution < 1.29 is 0 Å². The van der Waals surface area contributed by atoms with Gasteiger partial charge < -0.3 is 5.32 Å². The normalized spacial score (nSPS) is 11.0. The minimum Gasteiger partial charge on any atom is -0.339 e. The van der Waals surface area contributed by atoms with E-state index in [1.54, 1.807) is 17.2 Å². The van der Waals surface area contributed by atoms with Crippen molar-refractivity contribution in [2.45, 2.75) is 13.8 Å². The third kappa shape index (κ3) is 2.94. The van der Waals surface area contributed by atoms with Crippen LogP contribution in [0.2, 0.25) is 5.02 Å². The highest BCUT2D eigenvalue weighted by Crippen LogP contribution is 2.27. The molecular formula is C19H16ClN5. The minimum atomic E-state index is 0.687. The van der Waals surface area contributed by atoms with Gasteiger partial charge in [0.25, 0.3) is 0 Å². The predicted molar refractivity (Wildman–Crippen MR) is 101 cm³/mol.